The third-order valence-electron chi connectivity index (χ3n) is 2.87. The fourth-order valence-corrected chi connectivity index (χ4v) is 1.66. The van der Waals surface area contributed by atoms with Gasteiger partial charge in [0.15, 0.2) is 0 Å². The smallest absolute Gasteiger partial charge is 0.0693 e. The van der Waals surface area contributed by atoms with E-state index < -0.39 is 0 Å². The highest BCUT2D eigenvalue weighted by Crippen LogP contribution is 2.23. The van der Waals surface area contributed by atoms with Crippen LogP contribution < -0.4 is 0 Å². The molecular weight excluding hydrogens is 150 g/mol. The summed E-state index contributed by atoms with van der Waals surface area (Å²) in [5, 5.41) is 9.67. The average molecular weight is 171 g/mol. The van der Waals surface area contributed by atoms with Crippen molar-refractivity contribution in [3.05, 3.63) is 0 Å². The molecule has 2 atom stereocenters. The van der Waals surface area contributed by atoms with Gasteiger partial charge in [-0.3, -0.25) is 4.90 Å². The number of aliphatic hydroxyl groups excluding tert-OH is 1. The first-order chi connectivity index (χ1) is 5.41. The summed E-state index contributed by atoms with van der Waals surface area (Å²) in [6, 6.07) is 0. The van der Waals surface area contributed by atoms with Gasteiger partial charge in [-0.2, -0.15) is 0 Å². The van der Waals surface area contributed by atoms with E-state index in [0.717, 1.165) is 19.5 Å². The van der Waals surface area contributed by atoms with Gasteiger partial charge < -0.3 is 5.11 Å². The largest absolute Gasteiger partial charge is 0.392 e. The van der Waals surface area contributed by atoms with Gasteiger partial charge >= 0.3 is 0 Å². The van der Waals surface area contributed by atoms with Crippen LogP contribution in [-0.4, -0.2) is 34.7 Å². The zero-order valence-corrected chi connectivity index (χ0v) is 8.67. The van der Waals surface area contributed by atoms with E-state index in [1.54, 1.807) is 0 Å². The van der Waals surface area contributed by atoms with Crippen LogP contribution in [0.3, 0.4) is 0 Å². The minimum absolute atomic E-state index is 0.127. The van der Waals surface area contributed by atoms with Crippen LogP contribution in [0, 0.1) is 5.92 Å². The molecule has 2 heteroatoms. The van der Waals surface area contributed by atoms with Gasteiger partial charge in [0.1, 0.15) is 0 Å². The van der Waals surface area contributed by atoms with Crippen LogP contribution in [0.2, 0.25) is 0 Å². The van der Waals surface area contributed by atoms with Crippen molar-refractivity contribution in [3.8, 4) is 0 Å². The number of hydrogen-bond donors (Lipinski definition) is 1. The lowest BCUT2D eigenvalue weighted by atomic mass is 9.92. The Balaban J connectivity index is 2.51. The van der Waals surface area contributed by atoms with E-state index in [-0.39, 0.29) is 11.6 Å². The Morgan fingerprint density at radius 1 is 1.33 bits per heavy atom. The third-order valence-corrected chi connectivity index (χ3v) is 2.87. The molecule has 1 heterocycles. The van der Waals surface area contributed by atoms with Gasteiger partial charge in [0.25, 0.3) is 0 Å². The van der Waals surface area contributed by atoms with Gasteiger partial charge in [0.2, 0.25) is 0 Å². The van der Waals surface area contributed by atoms with Crippen molar-refractivity contribution >= 4 is 0 Å². The summed E-state index contributed by atoms with van der Waals surface area (Å²) in [6.07, 6.45) is 0.997. The van der Waals surface area contributed by atoms with E-state index in [4.69, 9.17) is 0 Å². The van der Waals surface area contributed by atoms with Crippen molar-refractivity contribution in [2.75, 3.05) is 13.1 Å². The lowest BCUT2D eigenvalue weighted by molar-refractivity contribution is -0.00914. The Morgan fingerprint density at radius 3 is 2.33 bits per heavy atom. The molecule has 2 nitrogen and oxygen atoms in total. The zero-order valence-electron chi connectivity index (χ0n) is 8.67. The van der Waals surface area contributed by atoms with Crippen LogP contribution in [0.25, 0.3) is 0 Å². The van der Waals surface area contributed by atoms with Crippen LogP contribution in [0.15, 0.2) is 0 Å². The lowest BCUT2D eigenvalue weighted by Crippen LogP contribution is -2.51. The molecule has 1 rings (SSSR count). The number of aliphatic hydroxyl groups is 1. The van der Waals surface area contributed by atoms with Crippen molar-refractivity contribution in [2.45, 2.75) is 45.8 Å². The van der Waals surface area contributed by atoms with Gasteiger partial charge in [0, 0.05) is 12.1 Å². The topological polar surface area (TPSA) is 23.5 Å². The van der Waals surface area contributed by atoms with Crippen LogP contribution in [-0.2, 0) is 0 Å². The normalized spacial score (nSPS) is 33.8. The van der Waals surface area contributed by atoms with Crippen molar-refractivity contribution in [1.29, 1.82) is 0 Å². The fraction of sp³-hybridized carbons (Fsp3) is 1.00. The van der Waals surface area contributed by atoms with Crippen LogP contribution in [0.4, 0.5) is 0 Å². The van der Waals surface area contributed by atoms with Crippen LogP contribution in [0.5, 0.6) is 0 Å². The quantitative estimate of drug-likeness (QED) is 0.597. The van der Waals surface area contributed by atoms with E-state index in [1.807, 2.05) is 0 Å². The molecule has 0 spiro atoms. The first-order valence-corrected chi connectivity index (χ1v) is 4.84. The highest BCUT2D eigenvalue weighted by molar-refractivity contribution is 4.84. The van der Waals surface area contributed by atoms with Crippen LogP contribution in [0.1, 0.15) is 34.1 Å². The standard InChI is InChI=1S/C10H21NO/c1-8-5-6-11(7-9(8)12)10(2,3)4/h8-9,12H,5-7H2,1-4H3/t8-,9-/m1/s1. The predicted octanol–water partition coefficient (Wildman–Crippen LogP) is 1.49. The molecule has 1 N–H and O–H groups in total. The Bertz CT molecular complexity index is 150. The van der Waals surface area contributed by atoms with E-state index in [1.165, 1.54) is 0 Å². The number of likely N-dealkylation sites (tertiary alicyclic amines) is 1. The molecule has 0 aromatic rings. The Hall–Kier alpha value is -0.0800. The van der Waals surface area contributed by atoms with Crippen molar-refractivity contribution < 1.29 is 5.11 Å². The maximum absolute atomic E-state index is 9.67. The number of β-amino-alcohol motifs (C(OH)–C–C–N with tert-alkyl or cyclic N) is 1. The lowest BCUT2D eigenvalue weighted by Gasteiger charge is -2.42. The molecule has 0 aliphatic carbocycles. The van der Waals surface area contributed by atoms with Crippen molar-refractivity contribution in [3.63, 3.8) is 0 Å². The summed E-state index contributed by atoms with van der Waals surface area (Å²) >= 11 is 0. The van der Waals surface area contributed by atoms with Gasteiger partial charge in [0.05, 0.1) is 6.10 Å². The molecule has 0 bridgehead atoms. The van der Waals surface area contributed by atoms with E-state index >= 15 is 0 Å². The molecule has 1 fully saturated rings. The molecule has 12 heavy (non-hydrogen) atoms. The highest BCUT2D eigenvalue weighted by Gasteiger charge is 2.30. The summed E-state index contributed by atoms with van der Waals surface area (Å²) in [4.78, 5) is 2.36. The third kappa shape index (κ3) is 2.20. The van der Waals surface area contributed by atoms with Gasteiger partial charge in [-0.1, -0.05) is 6.92 Å². The molecular formula is C10H21NO. The molecule has 0 amide bonds. The van der Waals surface area contributed by atoms with Crippen LogP contribution >= 0.6 is 0 Å². The molecule has 1 aliphatic rings. The van der Waals surface area contributed by atoms with Gasteiger partial charge in [-0.25, -0.2) is 0 Å². The molecule has 0 aromatic heterocycles. The van der Waals surface area contributed by atoms with Gasteiger partial charge in [-0.05, 0) is 39.7 Å². The Kier molecular flexibility index (Phi) is 2.79. The minimum atomic E-state index is -0.127. The first-order valence-electron chi connectivity index (χ1n) is 4.84. The second-order valence-corrected chi connectivity index (χ2v) is 4.95. The maximum Gasteiger partial charge on any atom is 0.0693 e. The summed E-state index contributed by atoms with van der Waals surface area (Å²) in [6.45, 7) is 10.7. The average Bonchev–Trinajstić information content (AvgIpc) is 1.92. The Morgan fingerprint density at radius 2 is 1.92 bits per heavy atom. The van der Waals surface area contributed by atoms with E-state index in [2.05, 4.69) is 32.6 Å². The second-order valence-electron chi connectivity index (χ2n) is 4.95. The highest BCUT2D eigenvalue weighted by atomic mass is 16.3. The first kappa shape index (κ1) is 10.0. The number of rotatable bonds is 0. The monoisotopic (exact) mass is 171 g/mol. The molecule has 72 valence electrons. The fourth-order valence-electron chi connectivity index (χ4n) is 1.66. The summed E-state index contributed by atoms with van der Waals surface area (Å²) in [5.41, 5.74) is 0.209. The van der Waals surface area contributed by atoms with Gasteiger partial charge in [-0.15, -0.1) is 0 Å². The number of nitrogens with zero attached hydrogens (tertiary/aromatic N) is 1. The Labute approximate surface area is 75.6 Å². The maximum atomic E-state index is 9.67. The van der Waals surface area contributed by atoms with E-state index in [0.29, 0.717) is 5.92 Å². The number of piperidine rings is 1. The van der Waals surface area contributed by atoms with Crippen molar-refractivity contribution in [1.82, 2.24) is 4.90 Å². The molecule has 0 aromatic carbocycles. The molecule has 0 radical (unpaired) electrons. The van der Waals surface area contributed by atoms with E-state index in [9.17, 15) is 5.11 Å². The number of hydrogen-bond acceptors (Lipinski definition) is 2. The summed E-state index contributed by atoms with van der Waals surface area (Å²) in [5.74, 6) is 0.476. The van der Waals surface area contributed by atoms with Crippen molar-refractivity contribution in [2.24, 2.45) is 5.92 Å². The molecule has 1 aliphatic heterocycles. The summed E-state index contributed by atoms with van der Waals surface area (Å²) < 4.78 is 0. The summed E-state index contributed by atoms with van der Waals surface area (Å²) in [7, 11) is 0. The molecule has 0 saturated carbocycles. The zero-order chi connectivity index (χ0) is 9.35. The SMILES string of the molecule is C[C@@H]1CCN(C(C)(C)C)C[C@H]1O. The minimum Gasteiger partial charge on any atom is -0.392 e. The molecule has 0 unspecified atom stereocenters. The predicted molar refractivity (Wildman–Crippen MR) is 51.1 cm³/mol. The second kappa shape index (κ2) is 3.35. The molecule has 1 saturated heterocycles.